The Labute approximate surface area is 199 Å². The number of nitrogens with two attached hydrogens (primary N) is 1. The first-order valence-corrected chi connectivity index (χ1v) is 11.7. The van der Waals surface area contributed by atoms with Crippen molar-refractivity contribution >= 4 is 16.6 Å². The van der Waals surface area contributed by atoms with Crippen LogP contribution in [0.1, 0.15) is 36.4 Å². The summed E-state index contributed by atoms with van der Waals surface area (Å²) in [6.45, 7) is 0.535. The van der Waals surface area contributed by atoms with E-state index in [1.54, 1.807) is 16.5 Å². The maximum Gasteiger partial charge on any atom is 0.408 e. The van der Waals surface area contributed by atoms with Gasteiger partial charge in [-0.3, -0.25) is 9.30 Å². The van der Waals surface area contributed by atoms with Crippen LogP contribution < -0.4 is 5.73 Å². The number of fused-ring (bicyclic) bond motifs is 2. The summed E-state index contributed by atoms with van der Waals surface area (Å²) in [6, 6.07) is 10.6. The van der Waals surface area contributed by atoms with Crippen LogP contribution in [0.4, 0.5) is 13.2 Å². The molecule has 2 aliphatic rings. The number of alkyl halides is 3. The second-order valence-corrected chi connectivity index (χ2v) is 9.71. The van der Waals surface area contributed by atoms with E-state index in [1.165, 1.54) is 17.2 Å². The summed E-state index contributed by atoms with van der Waals surface area (Å²) in [6.07, 6.45) is -0.674. The van der Waals surface area contributed by atoms with Gasteiger partial charge in [0, 0.05) is 36.1 Å². The minimum Gasteiger partial charge on any atom is -0.395 e. The quantitative estimate of drug-likeness (QED) is 0.452. The van der Waals surface area contributed by atoms with Gasteiger partial charge in [-0.05, 0) is 42.5 Å². The fourth-order valence-electron chi connectivity index (χ4n) is 5.26. The van der Waals surface area contributed by atoms with Gasteiger partial charge in [-0.25, -0.2) is 4.98 Å². The van der Waals surface area contributed by atoms with Gasteiger partial charge in [0.05, 0.1) is 12.1 Å². The Bertz CT molecular complexity index is 1410. The highest BCUT2D eigenvalue weighted by molar-refractivity contribution is 5.85. The number of para-hydroxylation sites is 1. The molecule has 3 aromatic heterocycles. The highest BCUT2D eigenvalue weighted by Crippen LogP contribution is 2.49. The minimum atomic E-state index is -4.45. The molecule has 7 nitrogen and oxygen atoms in total. The molecular formula is C25H25F3N6O. The second kappa shape index (κ2) is 7.97. The lowest BCUT2D eigenvalue weighted by molar-refractivity contribution is -0.183. The van der Waals surface area contributed by atoms with E-state index in [-0.39, 0.29) is 30.2 Å². The number of rotatable bonds is 5. The third kappa shape index (κ3) is 3.76. The first-order valence-electron chi connectivity index (χ1n) is 11.7. The Morgan fingerprint density at radius 1 is 1.11 bits per heavy atom. The van der Waals surface area contributed by atoms with Crippen molar-refractivity contribution in [3.63, 3.8) is 0 Å². The smallest absolute Gasteiger partial charge is 0.395 e. The number of pyridine rings is 2. The maximum absolute atomic E-state index is 14.1. The lowest BCUT2D eigenvalue weighted by atomic mass is 9.94. The molecule has 1 aliphatic heterocycles. The van der Waals surface area contributed by atoms with E-state index in [2.05, 4.69) is 10.2 Å². The van der Waals surface area contributed by atoms with Gasteiger partial charge < -0.3 is 10.8 Å². The third-order valence-corrected chi connectivity index (χ3v) is 7.35. The fourth-order valence-corrected chi connectivity index (χ4v) is 5.26. The van der Waals surface area contributed by atoms with Crippen molar-refractivity contribution in [1.82, 2.24) is 24.5 Å². The number of benzene rings is 1. The van der Waals surface area contributed by atoms with Crippen LogP contribution in [0.25, 0.3) is 28.1 Å². The van der Waals surface area contributed by atoms with Crippen LogP contribution in [-0.4, -0.2) is 61.5 Å². The first kappa shape index (κ1) is 22.4. The molecule has 3 N–H and O–H groups in total. The molecule has 182 valence electrons. The van der Waals surface area contributed by atoms with Crippen molar-refractivity contribution in [1.29, 1.82) is 0 Å². The Morgan fingerprint density at radius 2 is 1.94 bits per heavy atom. The molecule has 10 heteroatoms. The molecule has 1 aromatic carbocycles. The zero-order chi connectivity index (χ0) is 24.4. The average molecular weight is 483 g/mol. The normalized spacial score (nSPS) is 21.1. The molecular weight excluding hydrogens is 457 g/mol. The molecule has 0 spiro atoms. The van der Waals surface area contributed by atoms with Crippen molar-refractivity contribution in [3.8, 4) is 11.5 Å². The van der Waals surface area contributed by atoms with Crippen LogP contribution in [0.15, 0.2) is 48.7 Å². The van der Waals surface area contributed by atoms with Crippen molar-refractivity contribution in [2.24, 2.45) is 5.73 Å². The highest BCUT2D eigenvalue weighted by Gasteiger charge is 2.47. The van der Waals surface area contributed by atoms with Crippen LogP contribution >= 0.6 is 0 Å². The molecule has 0 amide bonds. The summed E-state index contributed by atoms with van der Waals surface area (Å²) < 4.78 is 44.0. The molecule has 1 aliphatic carbocycles. The van der Waals surface area contributed by atoms with Gasteiger partial charge in [0.15, 0.2) is 11.5 Å². The fraction of sp³-hybridized carbons (Fsp3) is 0.400. The predicted molar refractivity (Wildman–Crippen MR) is 125 cm³/mol. The number of hydrogen-bond donors (Lipinski definition) is 2. The van der Waals surface area contributed by atoms with Gasteiger partial charge in [-0.2, -0.15) is 13.2 Å². The summed E-state index contributed by atoms with van der Waals surface area (Å²) in [5.41, 5.74) is 8.43. The van der Waals surface area contributed by atoms with Crippen molar-refractivity contribution in [2.45, 2.75) is 42.9 Å². The van der Waals surface area contributed by atoms with E-state index in [4.69, 9.17) is 10.7 Å². The lowest BCUT2D eigenvalue weighted by Gasteiger charge is -2.30. The molecule has 35 heavy (non-hydrogen) atoms. The summed E-state index contributed by atoms with van der Waals surface area (Å²) in [7, 11) is 0. The summed E-state index contributed by atoms with van der Waals surface area (Å²) >= 11 is 0. The first-order chi connectivity index (χ1) is 16.8. The van der Waals surface area contributed by atoms with Crippen LogP contribution in [0.3, 0.4) is 0 Å². The lowest BCUT2D eigenvalue weighted by Crippen LogP contribution is -2.38. The van der Waals surface area contributed by atoms with E-state index in [9.17, 15) is 18.3 Å². The van der Waals surface area contributed by atoms with Crippen molar-refractivity contribution < 1.29 is 18.3 Å². The van der Waals surface area contributed by atoms with Crippen LogP contribution in [0.2, 0.25) is 0 Å². The van der Waals surface area contributed by atoms with Gasteiger partial charge in [0.25, 0.3) is 0 Å². The molecule has 0 bridgehead atoms. The Hall–Kier alpha value is -3.08. The standard InChI is InChI=1S/C25H25F3N6O/c26-25(27,28)22(33-11-8-17(29)13-33)16-5-7-20-31-32-23(34(20)12-16)19-6-4-15-2-1-3-18(21(15)30-19)24(14-35)9-10-24/h1-7,12,17,22,35H,8-11,13-14,29H2. The van der Waals surface area contributed by atoms with E-state index in [0.29, 0.717) is 30.1 Å². The predicted octanol–water partition coefficient (Wildman–Crippen LogP) is 3.60. The Balaban J connectivity index is 1.46. The third-order valence-electron chi connectivity index (χ3n) is 7.35. The summed E-state index contributed by atoms with van der Waals surface area (Å²) in [4.78, 5) is 6.24. The molecule has 1 saturated carbocycles. The van der Waals surface area contributed by atoms with Crippen LogP contribution in [0.5, 0.6) is 0 Å². The number of aromatic nitrogens is 4. The highest BCUT2D eigenvalue weighted by atomic mass is 19.4. The summed E-state index contributed by atoms with van der Waals surface area (Å²) in [5, 5.41) is 19.3. The number of aliphatic hydroxyl groups is 1. The topological polar surface area (TPSA) is 92.6 Å². The van der Waals surface area contributed by atoms with Gasteiger partial charge in [0.2, 0.25) is 0 Å². The molecule has 1 saturated heterocycles. The largest absolute Gasteiger partial charge is 0.408 e. The zero-order valence-electron chi connectivity index (χ0n) is 18.9. The van der Waals surface area contributed by atoms with E-state index < -0.39 is 12.2 Å². The number of nitrogens with zero attached hydrogens (tertiary/aromatic N) is 5. The van der Waals surface area contributed by atoms with Crippen molar-refractivity contribution in [2.75, 3.05) is 19.7 Å². The van der Waals surface area contributed by atoms with Crippen LogP contribution in [0, 0.1) is 0 Å². The van der Waals surface area contributed by atoms with Crippen LogP contribution in [-0.2, 0) is 5.41 Å². The zero-order valence-corrected chi connectivity index (χ0v) is 18.9. The van der Waals surface area contributed by atoms with Gasteiger partial charge in [-0.1, -0.05) is 30.3 Å². The van der Waals surface area contributed by atoms with E-state index >= 15 is 0 Å². The van der Waals surface area contributed by atoms with E-state index in [0.717, 1.165) is 29.3 Å². The number of hydrogen-bond acceptors (Lipinski definition) is 6. The molecule has 0 radical (unpaired) electrons. The molecule has 6 rings (SSSR count). The minimum absolute atomic E-state index is 0.0498. The molecule has 4 heterocycles. The number of halogens is 3. The van der Waals surface area contributed by atoms with Crippen molar-refractivity contribution in [3.05, 3.63) is 59.8 Å². The number of likely N-dealkylation sites (tertiary alicyclic amines) is 1. The molecule has 2 fully saturated rings. The monoisotopic (exact) mass is 482 g/mol. The SMILES string of the molecule is NC1CCN(C(c2ccc3nnc(-c4ccc5cccc(C6(CO)CC6)c5n4)n3c2)C(F)(F)F)C1. The van der Waals surface area contributed by atoms with Gasteiger partial charge >= 0.3 is 6.18 Å². The van der Waals surface area contributed by atoms with Gasteiger partial charge in [0.1, 0.15) is 11.7 Å². The Kier molecular flexibility index (Phi) is 5.10. The molecule has 2 atom stereocenters. The average Bonchev–Trinajstić information content (AvgIpc) is 3.35. The van der Waals surface area contributed by atoms with E-state index in [1.807, 2.05) is 24.3 Å². The number of aliphatic hydroxyl groups excluding tert-OH is 1. The van der Waals surface area contributed by atoms with Gasteiger partial charge in [-0.15, -0.1) is 10.2 Å². The Morgan fingerprint density at radius 3 is 2.63 bits per heavy atom. The molecule has 2 unspecified atom stereocenters. The summed E-state index contributed by atoms with van der Waals surface area (Å²) in [5.74, 6) is 0.367. The second-order valence-electron chi connectivity index (χ2n) is 9.71. The molecule has 4 aromatic rings. The maximum atomic E-state index is 14.1.